The number of benzene rings is 1. The molecule has 1 aromatic carbocycles. The predicted octanol–water partition coefficient (Wildman–Crippen LogP) is 2.70. The summed E-state index contributed by atoms with van der Waals surface area (Å²) in [6, 6.07) is 5.62. The highest BCUT2D eigenvalue weighted by molar-refractivity contribution is 9.10. The van der Waals surface area contributed by atoms with Crippen LogP contribution in [0.4, 0.5) is 0 Å². The van der Waals surface area contributed by atoms with Gasteiger partial charge in [-0.25, -0.2) is 0 Å². The first-order valence-electron chi connectivity index (χ1n) is 4.62. The Morgan fingerprint density at radius 2 is 2.20 bits per heavy atom. The molecule has 1 aromatic rings. The summed E-state index contributed by atoms with van der Waals surface area (Å²) in [5.74, 6) is 1.15. The quantitative estimate of drug-likeness (QED) is 0.908. The maximum absolute atomic E-state index is 11.6. The predicted molar refractivity (Wildman–Crippen MR) is 69.5 cm³/mol. The monoisotopic (exact) mass is 309 g/mol. The summed E-state index contributed by atoms with van der Waals surface area (Å²) in [6.45, 7) is 0.583. The van der Waals surface area contributed by atoms with Gasteiger partial charge in [-0.2, -0.15) is 0 Å². The van der Waals surface area contributed by atoms with Gasteiger partial charge in [0.05, 0.1) is 0 Å². The van der Waals surface area contributed by atoms with Crippen molar-refractivity contribution in [1.29, 1.82) is 0 Å². The molecule has 0 spiro atoms. The first-order valence-corrected chi connectivity index (χ1v) is 7.28. The van der Waals surface area contributed by atoms with Crippen molar-refractivity contribution in [2.45, 2.75) is 12.2 Å². The standard InChI is InChI=1S/C10H13BrClNOS/c11-9-3-2-8(10(12)6-9)7-15(14)5-1-4-13/h2-3,6H,1,4-5,7,13H2. The third kappa shape index (κ3) is 4.64. The lowest BCUT2D eigenvalue weighted by atomic mass is 10.2. The van der Waals surface area contributed by atoms with Crippen LogP contribution >= 0.6 is 27.5 Å². The first kappa shape index (κ1) is 13.2. The molecule has 1 unspecified atom stereocenters. The Morgan fingerprint density at radius 1 is 1.47 bits per heavy atom. The topological polar surface area (TPSA) is 43.1 Å². The van der Waals surface area contributed by atoms with Gasteiger partial charge in [-0.05, 0) is 30.7 Å². The average molecular weight is 311 g/mol. The van der Waals surface area contributed by atoms with Gasteiger partial charge in [-0.3, -0.25) is 4.21 Å². The molecule has 0 aliphatic heterocycles. The number of nitrogens with two attached hydrogens (primary N) is 1. The fourth-order valence-electron chi connectivity index (χ4n) is 1.13. The van der Waals surface area contributed by atoms with Crippen LogP contribution in [0.2, 0.25) is 5.02 Å². The lowest BCUT2D eigenvalue weighted by molar-refractivity contribution is 0.680. The molecule has 0 aliphatic rings. The largest absolute Gasteiger partial charge is 0.330 e. The Kier molecular flexibility index (Phi) is 5.82. The van der Waals surface area contributed by atoms with Crippen LogP contribution in [0.15, 0.2) is 22.7 Å². The molecule has 2 N–H and O–H groups in total. The minimum atomic E-state index is -0.868. The van der Waals surface area contributed by atoms with Crippen molar-refractivity contribution in [3.05, 3.63) is 33.3 Å². The Balaban J connectivity index is 2.60. The van der Waals surface area contributed by atoms with E-state index in [4.69, 9.17) is 17.3 Å². The molecule has 0 aromatic heterocycles. The highest BCUT2D eigenvalue weighted by atomic mass is 79.9. The Labute approximate surface area is 106 Å². The van der Waals surface area contributed by atoms with Crippen LogP contribution in [0.5, 0.6) is 0 Å². The molecular weight excluding hydrogens is 298 g/mol. The van der Waals surface area contributed by atoms with E-state index in [1.54, 1.807) is 0 Å². The molecule has 5 heteroatoms. The molecule has 2 nitrogen and oxygen atoms in total. The van der Waals surface area contributed by atoms with Crippen LogP contribution in [0, 0.1) is 0 Å². The van der Waals surface area contributed by atoms with Crippen LogP contribution in [-0.4, -0.2) is 16.5 Å². The zero-order valence-corrected chi connectivity index (χ0v) is 11.4. The molecule has 0 amide bonds. The van der Waals surface area contributed by atoms with E-state index in [0.29, 0.717) is 23.1 Å². The van der Waals surface area contributed by atoms with Gasteiger partial charge < -0.3 is 5.73 Å². The van der Waals surface area contributed by atoms with Crippen molar-refractivity contribution in [2.24, 2.45) is 5.73 Å². The van der Waals surface area contributed by atoms with Crippen LogP contribution in [0.3, 0.4) is 0 Å². The van der Waals surface area contributed by atoms with Crippen LogP contribution < -0.4 is 5.73 Å². The summed E-state index contributed by atoms with van der Waals surface area (Å²) >= 11 is 9.35. The first-order chi connectivity index (χ1) is 7.13. The van der Waals surface area contributed by atoms with Gasteiger partial charge in [-0.15, -0.1) is 0 Å². The van der Waals surface area contributed by atoms with Crippen molar-refractivity contribution in [2.75, 3.05) is 12.3 Å². The third-order valence-corrected chi connectivity index (χ3v) is 4.13. The molecule has 0 saturated carbocycles. The van der Waals surface area contributed by atoms with Crippen molar-refractivity contribution >= 4 is 38.3 Å². The molecule has 0 heterocycles. The second-order valence-corrected chi connectivity index (χ2v) is 6.07. The molecule has 0 saturated heterocycles. The zero-order valence-electron chi connectivity index (χ0n) is 8.21. The Hall–Kier alpha value is 0.1000. The molecule has 15 heavy (non-hydrogen) atoms. The van der Waals surface area contributed by atoms with Gasteiger partial charge in [0.15, 0.2) is 0 Å². The average Bonchev–Trinajstić information content (AvgIpc) is 2.19. The molecule has 0 aliphatic carbocycles. The second-order valence-electron chi connectivity index (χ2n) is 3.17. The SMILES string of the molecule is NCCCS(=O)Cc1ccc(Br)cc1Cl. The highest BCUT2D eigenvalue weighted by Gasteiger charge is 2.05. The molecule has 0 fully saturated rings. The number of hydrogen-bond donors (Lipinski definition) is 1. The van der Waals surface area contributed by atoms with Crippen LogP contribution in [0.25, 0.3) is 0 Å². The van der Waals surface area contributed by atoms with Crippen molar-refractivity contribution in [1.82, 2.24) is 0 Å². The van der Waals surface area contributed by atoms with E-state index >= 15 is 0 Å². The summed E-state index contributed by atoms with van der Waals surface area (Å²) in [5, 5.41) is 0.658. The lowest BCUT2D eigenvalue weighted by Gasteiger charge is -2.04. The van der Waals surface area contributed by atoms with E-state index in [-0.39, 0.29) is 0 Å². The fourth-order valence-corrected chi connectivity index (χ4v) is 3.18. The van der Waals surface area contributed by atoms with E-state index in [2.05, 4.69) is 15.9 Å². The molecule has 84 valence electrons. The summed E-state index contributed by atoms with van der Waals surface area (Å²) in [5.41, 5.74) is 6.28. The van der Waals surface area contributed by atoms with E-state index in [1.807, 2.05) is 18.2 Å². The summed E-state index contributed by atoms with van der Waals surface area (Å²) < 4.78 is 12.5. The minimum Gasteiger partial charge on any atom is -0.330 e. The summed E-state index contributed by atoms with van der Waals surface area (Å²) in [7, 11) is -0.868. The van der Waals surface area contributed by atoms with E-state index < -0.39 is 10.8 Å². The smallest absolute Gasteiger partial charge is 0.0500 e. The van der Waals surface area contributed by atoms with Gasteiger partial charge in [0.1, 0.15) is 0 Å². The Bertz CT molecular complexity index is 359. The third-order valence-electron chi connectivity index (χ3n) is 1.91. The second kappa shape index (κ2) is 6.63. The molecule has 1 rings (SSSR count). The maximum atomic E-state index is 11.6. The maximum Gasteiger partial charge on any atom is 0.0500 e. The Morgan fingerprint density at radius 3 is 2.80 bits per heavy atom. The van der Waals surface area contributed by atoms with Crippen molar-refractivity contribution in [3.63, 3.8) is 0 Å². The van der Waals surface area contributed by atoms with E-state index in [1.165, 1.54) is 0 Å². The van der Waals surface area contributed by atoms with Gasteiger partial charge in [0.2, 0.25) is 0 Å². The van der Waals surface area contributed by atoms with Crippen LogP contribution in [-0.2, 0) is 16.6 Å². The van der Waals surface area contributed by atoms with E-state index in [9.17, 15) is 4.21 Å². The van der Waals surface area contributed by atoms with E-state index in [0.717, 1.165) is 16.5 Å². The minimum absolute atomic E-state index is 0.506. The summed E-state index contributed by atoms with van der Waals surface area (Å²) in [4.78, 5) is 0. The molecule has 1 atom stereocenters. The van der Waals surface area contributed by atoms with Gasteiger partial charge in [0, 0.05) is 31.8 Å². The molecule has 0 bridgehead atoms. The number of halogens is 2. The number of hydrogen-bond acceptors (Lipinski definition) is 2. The normalized spacial score (nSPS) is 12.7. The zero-order chi connectivity index (χ0) is 11.3. The van der Waals surface area contributed by atoms with Gasteiger partial charge >= 0.3 is 0 Å². The lowest BCUT2D eigenvalue weighted by Crippen LogP contribution is -2.07. The van der Waals surface area contributed by atoms with Crippen molar-refractivity contribution < 1.29 is 4.21 Å². The van der Waals surface area contributed by atoms with Crippen molar-refractivity contribution in [3.8, 4) is 0 Å². The molecular formula is C10H13BrClNOS. The summed E-state index contributed by atoms with van der Waals surface area (Å²) in [6.07, 6.45) is 0.792. The van der Waals surface area contributed by atoms with Gasteiger partial charge in [0.25, 0.3) is 0 Å². The van der Waals surface area contributed by atoms with Crippen LogP contribution in [0.1, 0.15) is 12.0 Å². The fraction of sp³-hybridized carbons (Fsp3) is 0.400. The highest BCUT2D eigenvalue weighted by Crippen LogP contribution is 2.22. The van der Waals surface area contributed by atoms with Gasteiger partial charge in [-0.1, -0.05) is 33.6 Å². The molecule has 0 radical (unpaired) electrons. The number of rotatable bonds is 5.